The first-order valence-corrected chi connectivity index (χ1v) is 8.28. The second kappa shape index (κ2) is 5.94. The van der Waals surface area contributed by atoms with E-state index in [1.54, 1.807) is 11.2 Å². The van der Waals surface area contributed by atoms with Crippen LogP contribution in [0, 0.1) is 0 Å². The van der Waals surface area contributed by atoms with Crippen molar-refractivity contribution in [2.45, 2.75) is 31.5 Å². The van der Waals surface area contributed by atoms with E-state index in [4.69, 9.17) is 4.42 Å². The lowest BCUT2D eigenvalue weighted by atomic mass is 10.2. The number of nitrogens with one attached hydrogen (secondary N) is 1. The second-order valence-corrected chi connectivity index (χ2v) is 6.57. The first-order valence-electron chi connectivity index (χ1n) is 8.28. The summed E-state index contributed by atoms with van der Waals surface area (Å²) in [5, 5.41) is 2.82. The molecule has 4 rings (SSSR count). The number of hydrogen-bond acceptors (Lipinski definition) is 5. The van der Waals surface area contributed by atoms with Gasteiger partial charge >= 0.3 is 6.03 Å². The molecule has 1 N–H and O–H groups in total. The Labute approximate surface area is 139 Å². The van der Waals surface area contributed by atoms with Gasteiger partial charge in [0.15, 0.2) is 0 Å². The van der Waals surface area contributed by atoms with Gasteiger partial charge in [0.2, 0.25) is 5.91 Å². The molecule has 3 heterocycles. The predicted octanol–water partition coefficient (Wildman–Crippen LogP) is 0.00660. The molecule has 1 unspecified atom stereocenters. The first kappa shape index (κ1) is 15.2. The number of nitrogens with zero attached hydrogens (tertiary/aromatic N) is 3. The second-order valence-electron chi connectivity index (χ2n) is 6.57. The van der Waals surface area contributed by atoms with Gasteiger partial charge in [0.05, 0.1) is 12.8 Å². The molecule has 1 aromatic heterocycles. The van der Waals surface area contributed by atoms with Gasteiger partial charge in [-0.05, 0) is 25.0 Å². The number of carbonyl (C=O) groups excluding carboxylic acids is 3. The van der Waals surface area contributed by atoms with E-state index in [-0.39, 0.29) is 30.4 Å². The van der Waals surface area contributed by atoms with Gasteiger partial charge in [-0.2, -0.15) is 0 Å². The van der Waals surface area contributed by atoms with E-state index in [0.29, 0.717) is 26.2 Å². The van der Waals surface area contributed by atoms with Crippen LogP contribution in [0.1, 0.15) is 18.6 Å². The number of fused-ring (bicyclic) bond motifs is 1. The molecule has 1 aliphatic carbocycles. The molecule has 1 atom stereocenters. The van der Waals surface area contributed by atoms with Crippen LogP contribution in [0.2, 0.25) is 0 Å². The van der Waals surface area contributed by atoms with Crippen molar-refractivity contribution in [3.8, 4) is 0 Å². The summed E-state index contributed by atoms with van der Waals surface area (Å²) in [7, 11) is 0. The zero-order chi connectivity index (χ0) is 16.7. The highest BCUT2D eigenvalue weighted by Crippen LogP contribution is 2.23. The fraction of sp³-hybridized carbons (Fsp3) is 0.562. The molecule has 128 valence electrons. The topological polar surface area (TPSA) is 86.1 Å². The molecule has 0 spiro atoms. The predicted molar refractivity (Wildman–Crippen MR) is 82.8 cm³/mol. The van der Waals surface area contributed by atoms with Gasteiger partial charge < -0.3 is 14.6 Å². The van der Waals surface area contributed by atoms with Crippen molar-refractivity contribution >= 4 is 17.8 Å². The smallest absolute Gasteiger partial charge is 0.328 e. The molecule has 3 aliphatic rings. The van der Waals surface area contributed by atoms with E-state index in [2.05, 4.69) is 10.2 Å². The molecular formula is C16H20N4O4. The molecular weight excluding hydrogens is 312 g/mol. The zero-order valence-electron chi connectivity index (χ0n) is 13.3. The molecule has 0 aromatic carbocycles. The Morgan fingerprint density at radius 3 is 2.83 bits per heavy atom. The van der Waals surface area contributed by atoms with Crippen molar-refractivity contribution in [1.82, 2.24) is 20.0 Å². The number of imide groups is 1. The van der Waals surface area contributed by atoms with Gasteiger partial charge in [0, 0.05) is 25.7 Å². The number of urea groups is 1. The minimum atomic E-state index is -0.505. The molecule has 2 saturated heterocycles. The van der Waals surface area contributed by atoms with Crippen LogP contribution in [0.3, 0.4) is 0 Å². The zero-order valence-corrected chi connectivity index (χ0v) is 13.3. The van der Waals surface area contributed by atoms with Crippen LogP contribution in [0.25, 0.3) is 0 Å². The number of piperazine rings is 1. The van der Waals surface area contributed by atoms with Crippen molar-refractivity contribution in [3.05, 3.63) is 24.2 Å². The van der Waals surface area contributed by atoms with E-state index >= 15 is 0 Å². The maximum atomic E-state index is 12.6. The number of rotatable bonds is 5. The van der Waals surface area contributed by atoms with Crippen LogP contribution in [0.4, 0.5) is 4.79 Å². The molecule has 8 nitrogen and oxygen atoms in total. The highest BCUT2D eigenvalue weighted by molar-refractivity contribution is 6.06. The molecule has 0 radical (unpaired) electrons. The van der Waals surface area contributed by atoms with Gasteiger partial charge in [-0.15, -0.1) is 0 Å². The fourth-order valence-electron chi connectivity index (χ4n) is 3.27. The lowest BCUT2D eigenvalue weighted by Gasteiger charge is -2.34. The Morgan fingerprint density at radius 2 is 2.12 bits per heavy atom. The molecule has 8 heteroatoms. The quantitative estimate of drug-likeness (QED) is 0.768. The molecule has 1 aromatic rings. The SMILES string of the molecule is O=C(CN1C(=O)C2CN(Cc3ccco3)CCN2C1=O)NC1CC1. The minimum Gasteiger partial charge on any atom is -0.468 e. The van der Waals surface area contributed by atoms with Crippen LogP contribution in [0.15, 0.2) is 22.8 Å². The van der Waals surface area contributed by atoms with Gasteiger partial charge in [-0.3, -0.25) is 19.4 Å². The summed E-state index contributed by atoms with van der Waals surface area (Å²) in [6.07, 6.45) is 3.57. The number of carbonyl (C=O) groups is 3. The van der Waals surface area contributed by atoms with Crippen molar-refractivity contribution < 1.29 is 18.8 Å². The molecule has 3 fully saturated rings. The van der Waals surface area contributed by atoms with Gasteiger partial charge in [0.1, 0.15) is 18.3 Å². The number of hydrogen-bond donors (Lipinski definition) is 1. The number of amides is 4. The monoisotopic (exact) mass is 332 g/mol. The summed E-state index contributed by atoms with van der Waals surface area (Å²) < 4.78 is 5.34. The fourth-order valence-corrected chi connectivity index (χ4v) is 3.27. The lowest BCUT2D eigenvalue weighted by Crippen LogP contribution is -2.52. The molecule has 4 amide bonds. The van der Waals surface area contributed by atoms with E-state index in [1.807, 2.05) is 12.1 Å². The largest absolute Gasteiger partial charge is 0.468 e. The Kier molecular flexibility index (Phi) is 3.76. The van der Waals surface area contributed by atoms with Crippen molar-refractivity contribution in [2.24, 2.45) is 0 Å². The normalized spacial score (nSPS) is 24.4. The minimum absolute atomic E-state index is 0.181. The third-order valence-corrected chi connectivity index (χ3v) is 4.70. The van der Waals surface area contributed by atoms with Crippen LogP contribution < -0.4 is 5.32 Å². The van der Waals surface area contributed by atoms with Crippen molar-refractivity contribution in [3.63, 3.8) is 0 Å². The van der Waals surface area contributed by atoms with E-state index in [1.165, 1.54) is 0 Å². The van der Waals surface area contributed by atoms with Crippen LogP contribution >= 0.6 is 0 Å². The molecule has 1 saturated carbocycles. The van der Waals surface area contributed by atoms with Crippen LogP contribution in [-0.2, 0) is 16.1 Å². The maximum Gasteiger partial charge on any atom is 0.328 e. The Morgan fingerprint density at radius 1 is 1.29 bits per heavy atom. The molecule has 2 aliphatic heterocycles. The highest BCUT2D eigenvalue weighted by Gasteiger charge is 2.48. The average Bonchev–Trinajstić information content (AvgIpc) is 3.17. The standard InChI is InChI=1S/C16H20N4O4/c21-14(17-11-3-4-11)10-20-15(22)13-9-18(5-6-19(13)16(20)23)8-12-2-1-7-24-12/h1-2,7,11,13H,3-6,8-10H2,(H,17,21). The summed E-state index contributed by atoms with van der Waals surface area (Å²) in [5.74, 6) is 0.294. The summed E-state index contributed by atoms with van der Waals surface area (Å²) in [4.78, 5) is 41.7. The van der Waals surface area contributed by atoms with E-state index in [9.17, 15) is 14.4 Å². The lowest BCUT2D eigenvalue weighted by molar-refractivity contribution is -0.133. The third kappa shape index (κ3) is 2.89. The van der Waals surface area contributed by atoms with Crippen LogP contribution in [0.5, 0.6) is 0 Å². The van der Waals surface area contributed by atoms with E-state index in [0.717, 1.165) is 23.5 Å². The van der Waals surface area contributed by atoms with Gasteiger partial charge in [-0.25, -0.2) is 4.79 Å². The highest BCUT2D eigenvalue weighted by atomic mass is 16.3. The summed E-state index contributed by atoms with van der Waals surface area (Å²) in [5.41, 5.74) is 0. The summed E-state index contributed by atoms with van der Waals surface area (Å²) in [6, 6.07) is 3.08. The average molecular weight is 332 g/mol. The third-order valence-electron chi connectivity index (χ3n) is 4.70. The Bertz CT molecular complexity index is 655. The summed E-state index contributed by atoms with van der Waals surface area (Å²) in [6.45, 7) is 2.06. The van der Waals surface area contributed by atoms with Crippen LogP contribution in [-0.4, -0.2) is 70.8 Å². The molecule has 24 heavy (non-hydrogen) atoms. The van der Waals surface area contributed by atoms with Crippen molar-refractivity contribution in [2.75, 3.05) is 26.2 Å². The first-order chi connectivity index (χ1) is 11.6. The maximum absolute atomic E-state index is 12.6. The number of furan rings is 1. The Hall–Kier alpha value is -2.35. The van der Waals surface area contributed by atoms with Crippen molar-refractivity contribution in [1.29, 1.82) is 0 Å². The summed E-state index contributed by atoms with van der Waals surface area (Å²) >= 11 is 0. The van der Waals surface area contributed by atoms with Gasteiger partial charge in [-0.1, -0.05) is 0 Å². The van der Waals surface area contributed by atoms with E-state index < -0.39 is 6.04 Å². The molecule has 0 bridgehead atoms. The van der Waals surface area contributed by atoms with Gasteiger partial charge in [0.25, 0.3) is 5.91 Å². The Balaban J connectivity index is 1.39.